The third kappa shape index (κ3) is 5.84. The lowest BCUT2D eigenvalue weighted by molar-refractivity contribution is 0.341. The average Bonchev–Trinajstić information content (AvgIpc) is 2.29. The topological polar surface area (TPSA) is 105 Å². The Morgan fingerprint density at radius 3 is 2.42 bits per heavy atom. The zero-order valence-electron chi connectivity index (χ0n) is 11.7. The van der Waals surface area contributed by atoms with Gasteiger partial charge in [-0.2, -0.15) is 5.26 Å². The minimum absolute atomic E-state index is 0. The number of pyridine rings is 1. The maximum absolute atomic E-state index is 8.74. The zero-order chi connectivity index (χ0) is 13.6. The van der Waals surface area contributed by atoms with Crippen LogP contribution in [0.2, 0.25) is 0 Å². The predicted molar refractivity (Wildman–Crippen MR) is 76.6 cm³/mol. The van der Waals surface area contributed by atoms with Crippen molar-refractivity contribution in [3.8, 4) is 6.19 Å². The van der Waals surface area contributed by atoms with Crippen LogP contribution in [-0.4, -0.2) is 22.5 Å². The Bertz CT molecular complexity index is 444. The van der Waals surface area contributed by atoms with Crippen LogP contribution >= 0.6 is 0 Å². The molecule has 0 bridgehead atoms. The number of nitrogens with zero attached hydrogens (tertiary/aromatic N) is 3. The van der Waals surface area contributed by atoms with E-state index in [0.717, 1.165) is 5.69 Å². The molecule has 0 fully saturated rings. The highest BCUT2D eigenvalue weighted by Crippen LogP contribution is 2.21. The Kier molecular flexibility index (Phi) is 6.51. The Labute approximate surface area is 113 Å². The van der Waals surface area contributed by atoms with Crippen molar-refractivity contribution in [2.75, 3.05) is 5.32 Å². The van der Waals surface area contributed by atoms with Crippen LogP contribution in [0.3, 0.4) is 0 Å². The fraction of sp³-hybridized carbons (Fsp3) is 0.462. The summed E-state index contributed by atoms with van der Waals surface area (Å²) in [5.74, 6) is 0.450. The molecule has 0 aliphatic heterocycles. The van der Waals surface area contributed by atoms with E-state index in [0.29, 0.717) is 5.96 Å². The van der Waals surface area contributed by atoms with Crippen molar-refractivity contribution >= 4 is 11.6 Å². The molecule has 0 radical (unpaired) electrons. The first-order chi connectivity index (χ1) is 8.43. The monoisotopic (exact) mass is 263 g/mol. The van der Waals surface area contributed by atoms with Gasteiger partial charge < -0.3 is 10.8 Å². The Morgan fingerprint density at radius 2 is 1.95 bits per heavy atom. The Hall–Kier alpha value is -2.13. The van der Waals surface area contributed by atoms with E-state index in [1.54, 1.807) is 12.4 Å². The summed E-state index contributed by atoms with van der Waals surface area (Å²) in [5, 5.41) is 14.4. The summed E-state index contributed by atoms with van der Waals surface area (Å²) < 4.78 is 0. The van der Waals surface area contributed by atoms with Crippen LogP contribution in [0.5, 0.6) is 0 Å². The van der Waals surface area contributed by atoms with E-state index < -0.39 is 0 Å². The van der Waals surface area contributed by atoms with Crippen LogP contribution in [-0.2, 0) is 0 Å². The molecule has 0 aliphatic rings. The summed E-state index contributed by atoms with van der Waals surface area (Å²) in [7, 11) is 0. The van der Waals surface area contributed by atoms with Gasteiger partial charge in [0.05, 0.1) is 6.04 Å². The number of guanidine groups is 1. The molecule has 0 aliphatic carbocycles. The van der Waals surface area contributed by atoms with E-state index in [4.69, 9.17) is 5.26 Å². The van der Waals surface area contributed by atoms with Gasteiger partial charge in [-0.05, 0) is 24.5 Å². The molecule has 6 nitrogen and oxygen atoms in total. The van der Waals surface area contributed by atoms with Crippen molar-refractivity contribution in [2.24, 2.45) is 10.4 Å². The van der Waals surface area contributed by atoms with Gasteiger partial charge in [-0.25, -0.2) is 4.99 Å². The second-order valence-electron chi connectivity index (χ2n) is 5.12. The number of aliphatic imine (C=N–C) groups is 1. The van der Waals surface area contributed by atoms with Crippen LogP contribution in [0.25, 0.3) is 0 Å². The summed E-state index contributed by atoms with van der Waals surface area (Å²) in [4.78, 5) is 8.42. The first kappa shape index (κ1) is 16.9. The maximum atomic E-state index is 8.74. The normalized spacial score (nSPS) is 12.9. The van der Waals surface area contributed by atoms with Crippen LogP contribution in [0.1, 0.15) is 27.7 Å². The SMILES string of the molecule is C[C@H](N=C(NC#N)Nc1ccncc1)C(C)(C)C.O. The van der Waals surface area contributed by atoms with Crippen molar-refractivity contribution < 1.29 is 5.48 Å². The summed E-state index contributed by atoms with van der Waals surface area (Å²) in [6, 6.07) is 3.72. The van der Waals surface area contributed by atoms with Crippen molar-refractivity contribution in [3.63, 3.8) is 0 Å². The van der Waals surface area contributed by atoms with Crippen LogP contribution in [0, 0.1) is 16.9 Å². The second kappa shape index (κ2) is 7.34. The van der Waals surface area contributed by atoms with Crippen LogP contribution in [0.15, 0.2) is 29.5 Å². The standard InChI is InChI=1S/C13H19N5.H2O/c1-10(13(2,3)4)17-12(16-9-14)18-11-5-7-15-8-6-11;/h5-8,10H,1-4H3,(H2,15,16,17,18);1H2/t10-;/m0./s1. The van der Waals surface area contributed by atoms with Gasteiger partial charge in [0.1, 0.15) is 0 Å². The molecule has 0 aromatic carbocycles. The van der Waals surface area contributed by atoms with Crippen LogP contribution < -0.4 is 10.6 Å². The molecular formula is C13H21N5O. The van der Waals surface area contributed by atoms with Crippen molar-refractivity contribution in [1.29, 1.82) is 5.26 Å². The lowest BCUT2D eigenvalue weighted by Crippen LogP contribution is -2.31. The lowest BCUT2D eigenvalue weighted by atomic mass is 9.88. The van der Waals surface area contributed by atoms with Gasteiger partial charge in [0, 0.05) is 18.1 Å². The van der Waals surface area contributed by atoms with E-state index in [1.807, 2.05) is 25.2 Å². The molecule has 0 amide bonds. The molecule has 0 saturated heterocycles. The molecule has 1 atom stereocenters. The average molecular weight is 263 g/mol. The molecule has 0 saturated carbocycles. The minimum atomic E-state index is 0. The minimum Gasteiger partial charge on any atom is -0.412 e. The molecule has 1 aromatic rings. The fourth-order valence-electron chi connectivity index (χ4n) is 1.11. The zero-order valence-corrected chi connectivity index (χ0v) is 11.7. The van der Waals surface area contributed by atoms with Gasteiger partial charge in [-0.3, -0.25) is 10.3 Å². The second-order valence-corrected chi connectivity index (χ2v) is 5.12. The molecule has 0 unspecified atom stereocenters. The van der Waals surface area contributed by atoms with Gasteiger partial charge in [0.25, 0.3) is 0 Å². The quantitative estimate of drug-likeness (QED) is 0.365. The third-order valence-electron chi connectivity index (χ3n) is 2.69. The van der Waals surface area contributed by atoms with E-state index in [-0.39, 0.29) is 16.9 Å². The largest absolute Gasteiger partial charge is 0.412 e. The molecule has 1 aromatic heterocycles. The Morgan fingerprint density at radius 1 is 1.37 bits per heavy atom. The fourth-order valence-corrected chi connectivity index (χ4v) is 1.11. The molecule has 6 heteroatoms. The lowest BCUT2D eigenvalue weighted by Gasteiger charge is -2.24. The molecule has 1 rings (SSSR count). The summed E-state index contributed by atoms with van der Waals surface area (Å²) in [6.45, 7) is 8.35. The van der Waals surface area contributed by atoms with Gasteiger partial charge in [-0.15, -0.1) is 0 Å². The molecule has 4 N–H and O–H groups in total. The highest BCUT2D eigenvalue weighted by atomic mass is 16.0. The van der Waals surface area contributed by atoms with Crippen molar-refractivity contribution in [3.05, 3.63) is 24.5 Å². The highest BCUT2D eigenvalue weighted by molar-refractivity contribution is 5.94. The molecule has 104 valence electrons. The van der Waals surface area contributed by atoms with E-state index in [2.05, 4.69) is 41.4 Å². The summed E-state index contributed by atoms with van der Waals surface area (Å²) >= 11 is 0. The van der Waals surface area contributed by atoms with Gasteiger partial charge in [0.15, 0.2) is 6.19 Å². The first-order valence-electron chi connectivity index (χ1n) is 5.83. The Balaban J connectivity index is 0.00000324. The number of rotatable bonds is 2. The van der Waals surface area contributed by atoms with Crippen molar-refractivity contribution in [2.45, 2.75) is 33.7 Å². The molecule has 0 spiro atoms. The number of hydrogen-bond donors (Lipinski definition) is 2. The number of anilines is 1. The summed E-state index contributed by atoms with van der Waals surface area (Å²) in [5.41, 5.74) is 0.884. The molecular weight excluding hydrogens is 242 g/mol. The van der Waals surface area contributed by atoms with E-state index in [9.17, 15) is 0 Å². The number of nitriles is 1. The smallest absolute Gasteiger partial charge is 0.209 e. The van der Waals surface area contributed by atoms with Crippen LogP contribution in [0.4, 0.5) is 5.69 Å². The number of hydrogen-bond acceptors (Lipinski definition) is 3. The number of nitrogens with one attached hydrogen (secondary N) is 2. The van der Waals surface area contributed by atoms with Crippen molar-refractivity contribution in [1.82, 2.24) is 10.3 Å². The predicted octanol–water partition coefficient (Wildman–Crippen LogP) is 1.53. The van der Waals surface area contributed by atoms with Gasteiger partial charge in [-0.1, -0.05) is 20.8 Å². The van der Waals surface area contributed by atoms with E-state index >= 15 is 0 Å². The molecule has 19 heavy (non-hydrogen) atoms. The van der Waals surface area contributed by atoms with Gasteiger partial charge >= 0.3 is 0 Å². The maximum Gasteiger partial charge on any atom is 0.209 e. The number of aromatic nitrogens is 1. The highest BCUT2D eigenvalue weighted by Gasteiger charge is 2.19. The third-order valence-corrected chi connectivity index (χ3v) is 2.69. The van der Waals surface area contributed by atoms with E-state index in [1.165, 1.54) is 0 Å². The van der Waals surface area contributed by atoms with Gasteiger partial charge in [0.2, 0.25) is 5.96 Å². The molecule has 1 heterocycles. The summed E-state index contributed by atoms with van der Waals surface area (Å²) in [6.07, 6.45) is 5.25. The first-order valence-corrected chi connectivity index (χ1v) is 5.83.